The van der Waals surface area contributed by atoms with Crippen LogP contribution in [-0.4, -0.2) is 20.7 Å². The first-order chi connectivity index (χ1) is 9.17. The highest BCUT2D eigenvalue weighted by atomic mass is 32.2. The largest absolute Gasteiger partial charge is 0.296 e. The van der Waals surface area contributed by atoms with Crippen LogP contribution in [0.15, 0.2) is 33.8 Å². The Morgan fingerprint density at radius 2 is 2.16 bits per heavy atom. The molecule has 0 amide bonds. The van der Waals surface area contributed by atoms with Crippen molar-refractivity contribution in [3.8, 4) is 0 Å². The van der Waals surface area contributed by atoms with Crippen LogP contribution in [0, 0.1) is 13.8 Å². The summed E-state index contributed by atoms with van der Waals surface area (Å²) < 4.78 is 1.81. The van der Waals surface area contributed by atoms with E-state index in [0.29, 0.717) is 10.7 Å². The molecule has 0 aromatic carbocycles. The monoisotopic (exact) mass is 289 g/mol. The van der Waals surface area contributed by atoms with Gasteiger partial charge in [-0.1, -0.05) is 0 Å². The summed E-state index contributed by atoms with van der Waals surface area (Å²) in [6, 6.07) is 4.02. The molecule has 0 saturated heterocycles. The molecule has 4 nitrogen and oxygen atoms in total. The molecule has 0 aliphatic carbocycles. The molecule has 0 spiro atoms. The summed E-state index contributed by atoms with van der Waals surface area (Å²) in [5, 5.41) is 3.49. The lowest BCUT2D eigenvalue weighted by Gasteiger charge is -2.02. The number of pyridine rings is 1. The highest BCUT2D eigenvalue weighted by Crippen LogP contribution is 2.30. The van der Waals surface area contributed by atoms with Gasteiger partial charge in [-0.25, -0.2) is 9.97 Å². The minimum atomic E-state index is 0.585. The summed E-state index contributed by atoms with van der Waals surface area (Å²) in [5.41, 5.74) is 2.71. The van der Waals surface area contributed by atoms with Crippen molar-refractivity contribution < 1.29 is 4.79 Å². The van der Waals surface area contributed by atoms with Gasteiger partial charge in [-0.3, -0.25) is 9.20 Å². The second-order valence-electron chi connectivity index (χ2n) is 4.20. The number of hydrogen-bond donors (Lipinski definition) is 0. The minimum Gasteiger partial charge on any atom is -0.296 e. The quantitative estimate of drug-likeness (QED) is 0.694. The molecule has 3 heterocycles. The number of aldehydes is 1. The molecule has 0 fully saturated rings. The number of aryl methyl sites for hydroxylation is 2. The third-order valence-corrected chi connectivity index (χ3v) is 4.32. The van der Waals surface area contributed by atoms with Crippen molar-refractivity contribution in [2.45, 2.75) is 23.9 Å². The van der Waals surface area contributed by atoms with Crippen LogP contribution in [-0.2, 0) is 0 Å². The number of fused-ring (bicyclic) bond motifs is 1. The number of nitrogens with zero attached hydrogens (tertiary/aromatic N) is 3. The van der Waals surface area contributed by atoms with Crippen LogP contribution >= 0.6 is 23.1 Å². The van der Waals surface area contributed by atoms with Crippen LogP contribution in [0.2, 0.25) is 0 Å². The highest BCUT2D eigenvalue weighted by Gasteiger charge is 2.14. The minimum absolute atomic E-state index is 0.585. The molecular weight excluding hydrogens is 278 g/mol. The Morgan fingerprint density at radius 3 is 2.89 bits per heavy atom. The number of rotatable bonds is 3. The SMILES string of the molecule is Cc1cc(C)nc(Sc2nc3sccn3c2C=O)c1. The normalized spacial score (nSPS) is 11.1. The Bertz CT molecular complexity index is 740. The number of hydrogen-bond acceptors (Lipinski definition) is 5. The van der Waals surface area contributed by atoms with E-state index in [1.807, 2.05) is 42.0 Å². The van der Waals surface area contributed by atoms with Gasteiger partial charge in [-0.15, -0.1) is 11.3 Å². The van der Waals surface area contributed by atoms with Gasteiger partial charge >= 0.3 is 0 Å². The first-order valence-electron chi connectivity index (χ1n) is 5.71. The standard InChI is InChI=1S/C13H11N3OS2/c1-8-5-9(2)14-11(6-8)19-12-10(7-17)16-3-4-18-13(16)15-12/h3-7H,1-2H3. The molecule has 6 heteroatoms. The molecule has 0 N–H and O–H groups in total. The molecule has 0 bridgehead atoms. The van der Waals surface area contributed by atoms with Crippen molar-refractivity contribution in [3.05, 3.63) is 40.7 Å². The maximum absolute atomic E-state index is 11.2. The van der Waals surface area contributed by atoms with Crippen molar-refractivity contribution in [2.75, 3.05) is 0 Å². The lowest BCUT2D eigenvalue weighted by Crippen LogP contribution is -1.90. The predicted octanol–water partition coefficient (Wildman–Crippen LogP) is 3.37. The second kappa shape index (κ2) is 4.79. The van der Waals surface area contributed by atoms with Crippen LogP contribution in [0.3, 0.4) is 0 Å². The number of carbonyl (C=O) groups is 1. The summed E-state index contributed by atoms with van der Waals surface area (Å²) in [6.45, 7) is 3.99. The van der Waals surface area contributed by atoms with Crippen LogP contribution in [0.4, 0.5) is 0 Å². The van der Waals surface area contributed by atoms with Gasteiger partial charge in [-0.05, 0) is 43.3 Å². The van der Waals surface area contributed by atoms with E-state index in [9.17, 15) is 4.79 Å². The van der Waals surface area contributed by atoms with Crippen LogP contribution < -0.4 is 0 Å². The molecule has 0 unspecified atom stereocenters. The summed E-state index contributed by atoms with van der Waals surface area (Å²) in [4.78, 5) is 21.0. The maximum atomic E-state index is 11.2. The molecule has 3 aromatic rings. The molecule has 96 valence electrons. The van der Waals surface area contributed by atoms with Crippen LogP contribution in [0.25, 0.3) is 4.96 Å². The fourth-order valence-electron chi connectivity index (χ4n) is 1.92. The topological polar surface area (TPSA) is 47.3 Å². The van der Waals surface area contributed by atoms with Gasteiger partial charge in [0, 0.05) is 17.3 Å². The molecule has 0 aliphatic rings. The third-order valence-electron chi connectivity index (χ3n) is 2.65. The van der Waals surface area contributed by atoms with Crippen molar-refractivity contribution in [1.82, 2.24) is 14.4 Å². The Balaban J connectivity index is 2.04. The number of carbonyl (C=O) groups excluding carboxylic acids is 1. The molecule has 0 atom stereocenters. The average molecular weight is 289 g/mol. The average Bonchev–Trinajstić information content (AvgIpc) is 2.87. The van der Waals surface area contributed by atoms with Gasteiger partial charge in [0.05, 0.1) is 0 Å². The Kier molecular flexibility index (Phi) is 3.12. The summed E-state index contributed by atoms with van der Waals surface area (Å²) in [5.74, 6) is 0. The first kappa shape index (κ1) is 12.4. The predicted molar refractivity (Wildman–Crippen MR) is 76.3 cm³/mol. The van der Waals surface area contributed by atoms with Crippen molar-refractivity contribution >= 4 is 34.3 Å². The highest BCUT2D eigenvalue weighted by molar-refractivity contribution is 7.99. The van der Waals surface area contributed by atoms with E-state index in [2.05, 4.69) is 9.97 Å². The van der Waals surface area contributed by atoms with Crippen molar-refractivity contribution in [2.24, 2.45) is 0 Å². The maximum Gasteiger partial charge on any atom is 0.195 e. The van der Waals surface area contributed by atoms with E-state index < -0.39 is 0 Å². The molecule has 0 saturated carbocycles. The first-order valence-corrected chi connectivity index (χ1v) is 7.41. The van der Waals surface area contributed by atoms with Crippen LogP contribution in [0.5, 0.6) is 0 Å². The van der Waals surface area contributed by atoms with E-state index in [0.717, 1.165) is 27.5 Å². The van der Waals surface area contributed by atoms with E-state index in [1.165, 1.54) is 23.1 Å². The van der Waals surface area contributed by atoms with Gasteiger partial charge < -0.3 is 0 Å². The summed E-state index contributed by atoms with van der Waals surface area (Å²) >= 11 is 2.94. The van der Waals surface area contributed by atoms with Gasteiger partial charge in [0.2, 0.25) is 0 Å². The zero-order chi connectivity index (χ0) is 13.4. The Labute approximate surface area is 118 Å². The van der Waals surface area contributed by atoms with Gasteiger partial charge in [-0.2, -0.15) is 0 Å². The lowest BCUT2D eigenvalue weighted by atomic mass is 10.3. The van der Waals surface area contributed by atoms with E-state index in [4.69, 9.17) is 0 Å². The van der Waals surface area contributed by atoms with E-state index in [-0.39, 0.29) is 0 Å². The molecule has 3 aromatic heterocycles. The number of thiazole rings is 1. The zero-order valence-corrected chi connectivity index (χ0v) is 12.1. The second-order valence-corrected chi connectivity index (χ2v) is 6.08. The summed E-state index contributed by atoms with van der Waals surface area (Å²) in [6.07, 6.45) is 2.70. The molecule has 0 radical (unpaired) electrons. The number of aromatic nitrogens is 3. The fourth-order valence-corrected chi connectivity index (χ4v) is 3.72. The molecule has 3 rings (SSSR count). The Morgan fingerprint density at radius 1 is 1.32 bits per heavy atom. The molecule has 0 aliphatic heterocycles. The molecular formula is C13H11N3OS2. The fraction of sp³-hybridized carbons (Fsp3) is 0.154. The number of imidazole rings is 1. The molecule has 19 heavy (non-hydrogen) atoms. The van der Waals surface area contributed by atoms with E-state index >= 15 is 0 Å². The van der Waals surface area contributed by atoms with Gasteiger partial charge in [0.1, 0.15) is 15.7 Å². The van der Waals surface area contributed by atoms with E-state index in [1.54, 1.807) is 0 Å². The van der Waals surface area contributed by atoms with Crippen LogP contribution in [0.1, 0.15) is 21.7 Å². The van der Waals surface area contributed by atoms with Crippen molar-refractivity contribution in [3.63, 3.8) is 0 Å². The van der Waals surface area contributed by atoms with Gasteiger partial charge in [0.25, 0.3) is 0 Å². The summed E-state index contributed by atoms with van der Waals surface area (Å²) in [7, 11) is 0. The van der Waals surface area contributed by atoms with Crippen molar-refractivity contribution in [1.29, 1.82) is 0 Å². The van der Waals surface area contributed by atoms with Gasteiger partial charge in [0.15, 0.2) is 11.2 Å². The zero-order valence-electron chi connectivity index (χ0n) is 10.5. The third kappa shape index (κ3) is 2.29. The lowest BCUT2D eigenvalue weighted by molar-refractivity contribution is 0.111. The Hall–Kier alpha value is -1.66. The smallest absolute Gasteiger partial charge is 0.195 e.